The molecule has 0 spiro atoms. The van der Waals surface area contributed by atoms with Crippen molar-refractivity contribution >= 4 is 96.9 Å². The molecule has 5 heterocycles. The van der Waals surface area contributed by atoms with Gasteiger partial charge in [0.1, 0.15) is 0 Å². The lowest BCUT2D eigenvalue weighted by Crippen LogP contribution is -2.01. The summed E-state index contributed by atoms with van der Waals surface area (Å²) in [6.07, 6.45) is 0. The minimum atomic E-state index is 0.640. The van der Waals surface area contributed by atoms with E-state index in [0.29, 0.717) is 17.5 Å². The summed E-state index contributed by atoms with van der Waals surface area (Å²) in [7, 11) is 0. The van der Waals surface area contributed by atoms with Gasteiger partial charge in [0.05, 0.1) is 43.5 Å². The summed E-state index contributed by atoms with van der Waals surface area (Å²) >= 11 is 1.82. The Balaban J connectivity index is 1.06. The first-order chi connectivity index (χ1) is 34.7. The lowest BCUT2D eigenvalue weighted by atomic mass is 10.0. The molecule has 0 saturated carbocycles. The van der Waals surface area contributed by atoms with Crippen LogP contribution in [0.5, 0.6) is 0 Å². The highest BCUT2D eigenvalue weighted by Gasteiger charge is 2.25. The summed E-state index contributed by atoms with van der Waals surface area (Å²) in [6.45, 7) is 0. The number of aromatic nitrogens is 6. The van der Waals surface area contributed by atoms with Crippen molar-refractivity contribution in [2.75, 3.05) is 0 Å². The monoisotopic (exact) mass is 910 g/mol. The molecule has 6 nitrogen and oxygen atoms in total. The van der Waals surface area contributed by atoms with Gasteiger partial charge in [-0.15, -0.1) is 11.3 Å². The summed E-state index contributed by atoms with van der Waals surface area (Å²) in [5, 5.41) is 9.64. The van der Waals surface area contributed by atoms with Crippen molar-refractivity contribution in [1.82, 2.24) is 28.7 Å². The fourth-order valence-electron chi connectivity index (χ4n) is 11.1. The van der Waals surface area contributed by atoms with Gasteiger partial charge in [0.25, 0.3) is 0 Å². The average molecular weight is 911 g/mol. The zero-order valence-corrected chi connectivity index (χ0v) is 38.3. The maximum Gasteiger partial charge on any atom is 0.164 e. The predicted molar refractivity (Wildman–Crippen MR) is 292 cm³/mol. The van der Waals surface area contributed by atoms with Crippen LogP contribution in [0.4, 0.5) is 0 Å². The molecule has 10 aromatic carbocycles. The van der Waals surface area contributed by atoms with Gasteiger partial charge in [-0.25, -0.2) is 15.0 Å². The topological polar surface area (TPSA) is 53.5 Å². The van der Waals surface area contributed by atoms with Crippen LogP contribution in [-0.2, 0) is 0 Å². The van der Waals surface area contributed by atoms with Crippen LogP contribution in [0.2, 0.25) is 0 Å². The molecule has 0 saturated heterocycles. The van der Waals surface area contributed by atoms with Crippen LogP contribution in [0.3, 0.4) is 0 Å². The third kappa shape index (κ3) is 5.70. The first kappa shape index (κ1) is 38.9. The molecular formula is C63H38N6S. The van der Waals surface area contributed by atoms with Gasteiger partial charge in [-0.1, -0.05) is 152 Å². The number of hydrogen-bond acceptors (Lipinski definition) is 4. The summed E-state index contributed by atoms with van der Waals surface area (Å²) in [5.41, 5.74) is 13.2. The average Bonchev–Trinajstić information content (AvgIpc) is 4.18. The van der Waals surface area contributed by atoms with Gasteiger partial charge in [-0.3, -0.25) is 0 Å². The van der Waals surface area contributed by atoms with Crippen molar-refractivity contribution in [3.05, 3.63) is 231 Å². The van der Waals surface area contributed by atoms with E-state index in [1.165, 1.54) is 69.2 Å². The highest BCUT2D eigenvalue weighted by atomic mass is 32.1. The fourth-order valence-corrected chi connectivity index (χ4v) is 12.4. The van der Waals surface area contributed by atoms with E-state index in [4.69, 9.17) is 15.0 Å². The van der Waals surface area contributed by atoms with E-state index >= 15 is 0 Å². The van der Waals surface area contributed by atoms with E-state index in [1.807, 2.05) is 47.7 Å². The molecule has 326 valence electrons. The maximum absolute atomic E-state index is 5.27. The van der Waals surface area contributed by atoms with E-state index in [2.05, 4.69) is 208 Å². The summed E-state index contributed by atoms with van der Waals surface area (Å²) in [6, 6.07) is 82.6. The highest BCUT2D eigenvalue weighted by molar-refractivity contribution is 7.26. The number of benzene rings is 10. The van der Waals surface area contributed by atoms with Gasteiger partial charge < -0.3 is 13.7 Å². The van der Waals surface area contributed by atoms with Crippen LogP contribution in [0, 0.1) is 0 Å². The molecule has 0 bridgehead atoms. The largest absolute Gasteiger partial charge is 0.309 e. The molecule has 15 rings (SSSR count). The number of para-hydroxylation sites is 4. The Morgan fingerprint density at radius 2 is 0.771 bits per heavy atom. The molecule has 0 atom stereocenters. The Morgan fingerprint density at radius 1 is 0.300 bits per heavy atom. The first-order valence-corrected chi connectivity index (χ1v) is 24.4. The second-order valence-corrected chi connectivity index (χ2v) is 19.0. The zero-order chi connectivity index (χ0) is 45.9. The van der Waals surface area contributed by atoms with Crippen LogP contribution in [0.1, 0.15) is 0 Å². The normalized spacial score (nSPS) is 12.0. The minimum Gasteiger partial charge on any atom is -0.309 e. The van der Waals surface area contributed by atoms with Crippen molar-refractivity contribution in [3.63, 3.8) is 0 Å². The molecule has 0 fully saturated rings. The third-order valence-corrected chi connectivity index (χ3v) is 15.3. The van der Waals surface area contributed by atoms with Crippen molar-refractivity contribution < 1.29 is 0 Å². The summed E-state index contributed by atoms with van der Waals surface area (Å²) in [5.74, 6) is 1.92. The van der Waals surface area contributed by atoms with Gasteiger partial charge >= 0.3 is 0 Å². The van der Waals surface area contributed by atoms with Crippen molar-refractivity contribution in [1.29, 1.82) is 0 Å². The van der Waals surface area contributed by atoms with E-state index in [9.17, 15) is 0 Å². The molecule has 0 N–H and O–H groups in total. The molecule has 70 heavy (non-hydrogen) atoms. The van der Waals surface area contributed by atoms with Crippen LogP contribution < -0.4 is 0 Å². The lowest BCUT2D eigenvalue weighted by molar-refractivity contribution is 1.08. The summed E-state index contributed by atoms with van der Waals surface area (Å²) in [4.78, 5) is 15.6. The Hall–Kier alpha value is -9.17. The van der Waals surface area contributed by atoms with Gasteiger partial charge in [-0.2, -0.15) is 0 Å². The maximum atomic E-state index is 5.27. The molecular weight excluding hydrogens is 873 g/mol. The number of thiophene rings is 1. The number of hydrogen-bond donors (Lipinski definition) is 0. The molecule has 5 aromatic heterocycles. The zero-order valence-electron chi connectivity index (χ0n) is 37.5. The van der Waals surface area contributed by atoms with Crippen LogP contribution in [-0.4, -0.2) is 28.7 Å². The molecule has 0 aliphatic carbocycles. The second kappa shape index (κ2) is 15.2. The van der Waals surface area contributed by atoms with Crippen LogP contribution in [0.15, 0.2) is 231 Å². The molecule has 0 unspecified atom stereocenters. The molecule has 15 aromatic rings. The van der Waals surface area contributed by atoms with Gasteiger partial charge in [0.15, 0.2) is 17.5 Å². The Bertz CT molecular complexity index is 4470. The summed E-state index contributed by atoms with van der Waals surface area (Å²) < 4.78 is 9.73. The molecule has 0 radical (unpaired) electrons. The molecule has 0 aliphatic heterocycles. The van der Waals surface area contributed by atoms with Crippen molar-refractivity contribution in [2.24, 2.45) is 0 Å². The third-order valence-electron chi connectivity index (χ3n) is 14.1. The Morgan fingerprint density at radius 3 is 1.43 bits per heavy atom. The fraction of sp³-hybridized carbons (Fsp3) is 0. The van der Waals surface area contributed by atoms with E-state index in [1.54, 1.807) is 0 Å². The van der Waals surface area contributed by atoms with Crippen LogP contribution in [0.25, 0.3) is 137 Å². The van der Waals surface area contributed by atoms with Gasteiger partial charge in [0.2, 0.25) is 0 Å². The molecule has 0 aliphatic rings. The Kier molecular flexibility index (Phi) is 8.43. The second-order valence-electron chi connectivity index (χ2n) is 17.9. The highest BCUT2D eigenvalue weighted by Crippen LogP contribution is 2.48. The number of nitrogens with zero attached hydrogens (tertiary/aromatic N) is 6. The van der Waals surface area contributed by atoms with Gasteiger partial charge in [-0.05, 0) is 78.9 Å². The van der Waals surface area contributed by atoms with Crippen molar-refractivity contribution in [2.45, 2.75) is 0 Å². The van der Waals surface area contributed by atoms with Gasteiger partial charge in [0, 0.05) is 75.9 Å². The van der Waals surface area contributed by atoms with Crippen LogP contribution >= 0.6 is 11.3 Å². The molecule has 7 heteroatoms. The minimum absolute atomic E-state index is 0.640. The SMILES string of the molecule is c1ccc(-c2nc(-c3ccccc3)nc(-c3ccc(-n4c5ccc(-n6c7ccccc7c7ccccc76)cc5c5c6c7ccccc7n(-c7ccccc7)c6ccc54)c4sc5ccccc5c34)n2)cc1. The predicted octanol–water partition coefficient (Wildman–Crippen LogP) is 16.5. The van der Waals surface area contributed by atoms with E-state index in [-0.39, 0.29) is 0 Å². The number of rotatable bonds is 6. The molecule has 0 amide bonds. The first-order valence-electron chi connectivity index (χ1n) is 23.6. The van der Waals surface area contributed by atoms with E-state index < -0.39 is 0 Å². The van der Waals surface area contributed by atoms with Crippen molar-refractivity contribution in [3.8, 4) is 51.2 Å². The number of fused-ring (bicyclic) bond motifs is 13. The van der Waals surface area contributed by atoms with E-state index in [0.717, 1.165) is 50.2 Å². The Labute approximate surface area is 405 Å². The smallest absolute Gasteiger partial charge is 0.164 e. The lowest BCUT2D eigenvalue weighted by Gasteiger charge is -2.14. The standard InChI is InChI=1S/C63H38N6S/c1-4-18-39(19-5-1)61-64-62(40-20-6-2-7-21-40)66-63(65-61)47-33-35-55(60-57(47)46-27-13-17-31-56(46)70-60)69-52-34-32-42(68-49-28-14-10-24-43(49)44-25-11-15-29-50(44)68)38-48(52)59-54(69)37-36-53-58(59)45-26-12-16-30-51(45)67(53)41-22-8-3-9-23-41/h1-38H. The quantitative estimate of drug-likeness (QED) is 0.167.